The summed E-state index contributed by atoms with van der Waals surface area (Å²) >= 11 is 0. The van der Waals surface area contributed by atoms with Crippen LogP contribution in [0.4, 0.5) is 0 Å². The average molecular weight is 210 g/mol. The summed E-state index contributed by atoms with van der Waals surface area (Å²) in [5.74, 6) is 1.81. The predicted molar refractivity (Wildman–Crippen MR) is 65.0 cm³/mol. The molecule has 0 aromatic carbocycles. The van der Waals surface area contributed by atoms with E-state index in [0.29, 0.717) is 5.41 Å². The maximum atomic E-state index is 3.49. The Hall–Kier alpha value is -0.0800. The van der Waals surface area contributed by atoms with E-state index in [4.69, 9.17) is 0 Å². The van der Waals surface area contributed by atoms with Gasteiger partial charge in [0.2, 0.25) is 0 Å². The van der Waals surface area contributed by atoms with Gasteiger partial charge in [-0.05, 0) is 43.2 Å². The minimum Gasteiger partial charge on any atom is -0.316 e. The molecule has 2 unspecified atom stereocenters. The summed E-state index contributed by atoms with van der Waals surface area (Å²) in [5.41, 5.74) is 0.547. The zero-order valence-electron chi connectivity index (χ0n) is 10.6. The van der Waals surface area contributed by atoms with Crippen molar-refractivity contribution in [3.63, 3.8) is 0 Å². The lowest BCUT2D eigenvalue weighted by molar-refractivity contribution is 0.199. The van der Waals surface area contributed by atoms with Gasteiger partial charge in [-0.3, -0.25) is 0 Å². The molecule has 0 bridgehead atoms. The Balaban J connectivity index is 1.81. The highest BCUT2D eigenvalue weighted by atomic mass is 15.2. The molecule has 2 aliphatic heterocycles. The van der Waals surface area contributed by atoms with Crippen molar-refractivity contribution in [1.82, 2.24) is 10.2 Å². The molecular weight excluding hydrogens is 184 g/mol. The van der Waals surface area contributed by atoms with Crippen molar-refractivity contribution in [3.8, 4) is 0 Å². The van der Waals surface area contributed by atoms with Crippen molar-refractivity contribution in [3.05, 3.63) is 0 Å². The molecule has 0 radical (unpaired) electrons. The zero-order valence-corrected chi connectivity index (χ0v) is 10.6. The Bertz CT molecular complexity index is 207. The van der Waals surface area contributed by atoms with E-state index in [-0.39, 0.29) is 0 Å². The van der Waals surface area contributed by atoms with E-state index in [9.17, 15) is 0 Å². The van der Waals surface area contributed by atoms with Crippen LogP contribution in [0.1, 0.15) is 33.6 Å². The Morgan fingerprint density at radius 1 is 1.47 bits per heavy atom. The van der Waals surface area contributed by atoms with Gasteiger partial charge in [-0.1, -0.05) is 20.8 Å². The Labute approximate surface area is 94.4 Å². The fraction of sp³-hybridized carbons (Fsp3) is 1.00. The molecule has 2 fully saturated rings. The highest BCUT2D eigenvalue weighted by Gasteiger charge is 2.33. The third-order valence-electron chi connectivity index (χ3n) is 4.31. The Morgan fingerprint density at radius 3 is 2.80 bits per heavy atom. The topological polar surface area (TPSA) is 15.3 Å². The molecule has 2 atom stereocenters. The molecule has 2 rings (SSSR count). The first-order valence-electron chi connectivity index (χ1n) is 6.52. The molecule has 2 heteroatoms. The first-order chi connectivity index (χ1) is 7.09. The molecule has 2 heterocycles. The van der Waals surface area contributed by atoms with Crippen molar-refractivity contribution < 1.29 is 0 Å². The van der Waals surface area contributed by atoms with Crippen LogP contribution in [0.3, 0.4) is 0 Å². The highest BCUT2D eigenvalue weighted by Crippen LogP contribution is 2.30. The summed E-state index contributed by atoms with van der Waals surface area (Å²) in [5, 5.41) is 3.49. The van der Waals surface area contributed by atoms with Crippen molar-refractivity contribution in [1.29, 1.82) is 0 Å². The second kappa shape index (κ2) is 4.42. The Kier molecular flexibility index (Phi) is 3.36. The van der Waals surface area contributed by atoms with Crippen LogP contribution in [0.25, 0.3) is 0 Å². The molecule has 0 saturated carbocycles. The number of rotatable bonds is 3. The van der Waals surface area contributed by atoms with Crippen LogP contribution in [0.5, 0.6) is 0 Å². The molecule has 0 amide bonds. The third-order valence-corrected chi connectivity index (χ3v) is 4.31. The normalized spacial score (nSPS) is 38.0. The van der Waals surface area contributed by atoms with E-state index in [1.165, 1.54) is 45.6 Å². The van der Waals surface area contributed by atoms with Crippen LogP contribution >= 0.6 is 0 Å². The van der Waals surface area contributed by atoms with Gasteiger partial charge in [-0.2, -0.15) is 0 Å². The van der Waals surface area contributed by atoms with Gasteiger partial charge in [0.25, 0.3) is 0 Å². The molecule has 2 nitrogen and oxygen atoms in total. The number of likely N-dealkylation sites (tertiary alicyclic amines) is 1. The van der Waals surface area contributed by atoms with Gasteiger partial charge in [0.1, 0.15) is 0 Å². The molecule has 2 aliphatic rings. The van der Waals surface area contributed by atoms with Crippen LogP contribution in [-0.2, 0) is 0 Å². The molecular formula is C13H26N2. The summed E-state index contributed by atoms with van der Waals surface area (Å²) in [6.45, 7) is 13.6. The van der Waals surface area contributed by atoms with E-state index in [2.05, 4.69) is 31.0 Å². The lowest BCUT2D eigenvalue weighted by atomic mass is 9.89. The fourth-order valence-electron chi connectivity index (χ4n) is 3.09. The maximum Gasteiger partial charge on any atom is 0.00481 e. The van der Waals surface area contributed by atoms with Crippen molar-refractivity contribution in [2.45, 2.75) is 33.6 Å². The summed E-state index contributed by atoms with van der Waals surface area (Å²) < 4.78 is 0. The van der Waals surface area contributed by atoms with E-state index in [0.717, 1.165) is 11.8 Å². The third kappa shape index (κ3) is 2.73. The van der Waals surface area contributed by atoms with E-state index >= 15 is 0 Å². The molecule has 2 saturated heterocycles. The van der Waals surface area contributed by atoms with Crippen molar-refractivity contribution >= 4 is 0 Å². The largest absolute Gasteiger partial charge is 0.316 e. The van der Waals surface area contributed by atoms with Crippen molar-refractivity contribution in [2.24, 2.45) is 17.3 Å². The lowest BCUT2D eigenvalue weighted by Gasteiger charge is -2.29. The summed E-state index contributed by atoms with van der Waals surface area (Å²) in [7, 11) is 0. The van der Waals surface area contributed by atoms with Crippen molar-refractivity contribution in [2.75, 3.05) is 32.7 Å². The van der Waals surface area contributed by atoms with E-state index < -0.39 is 0 Å². The minimum absolute atomic E-state index is 0.547. The SMILES string of the molecule is CC(C)C1CCN(CC2(C)CCNC2)C1. The molecule has 0 aromatic rings. The molecule has 0 spiro atoms. The van der Waals surface area contributed by atoms with E-state index in [1.54, 1.807) is 0 Å². The zero-order chi connectivity index (χ0) is 10.9. The van der Waals surface area contributed by atoms with Gasteiger partial charge in [0, 0.05) is 19.6 Å². The number of nitrogens with one attached hydrogen (secondary N) is 1. The monoisotopic (exact) mass is 210 g/mol. The first kappa shape index (κ1) is 11.4. The molecule has 1 N–H and O–H groups in total. The molecule has 88 valence electrons. The Morgan fingerprint density at radius 2 is 2.27 bits per heavy atom. The van der Waals surface area contributed by atoms with Gasteiger partial charge in [0.15, 0.2) is 0 Å². The van der Waals surface area contributed by atoms with Gasteiger partial charge in [0.05, 0.1) is 0 Å². The fourth-order valence-corrected chi connectivity index (χ4v) is 3.09. The van der Waals surface area contributed by atoms with Crippen LogP contribution in [0.15, 0.2) is 0 Å². The molecule has 0 aliphatic carbocycles. The van der Waals surface area contributed by atoms with Gasteiger partial charge >= 0.3 is 0 Å². The van der Waals surface area contributed by atoms with Gasteiger partial charge in [-0.25, -0.2) is 0 Å². The van der Waals surface area contributed by atoms with Gasteiger partial charge < -0.3 is 10.2 Å². The average Bonchev–Trinajstić information content (AvgIpc) is 2.75. The second-order valence-corrected chi connectivity index (χ2v) is 6.27. The summed E-state index contributed by atoms with van der Waals surface area (Å²) in [6.07, 6.45) is 2.77. The number of hydrogen-bond donors (Lipinski definition) is 1. The highest BCUT2D eigenvalue weighted by molar-refractivity contribution is 4.89. The van der Waals surface area contributed by atoms with Crippen LogP contribution in [-0.4, -0.2) is 37.6 Å². The van der Waals surface area contributed by atoms with Gasteiger partial charge in [-0.15, -0.1) is 0 Å². The quantitative estimate of drug-likeness (QED) is 0.766. The smallest absolute Gasteiger partial charge is 0.00481 e. The first-order valence-corrected chi connectivity index (χ1v) is 6.52. The number of hydrogen-bond acceptors (Lipinski definition) is 2. The van der Waals surface area contributed by atoms with Crippen LogP contribution in [0.2, 0.25) is 0 Å². The van der Waals surface area contributed by atoms with Crippen LogP contribution < -0.4 is 5.32 Å². The molecule has 0 aromatic heterocycles. The minimum atomic E-state index is 0.547. The summed E-state index contributed by atoms with van der Waals surface area (Å²) in [6, 6.07) is 0. The number of nitrogens with zero attached hydrogens (tertiary/aromatic N) is 1. The standard InChI is InChI=1S/C13H26N2/c1-11(2)12-4-7-15(8-12)10-13(3)5-6-14-9-13/h11-12,14H,4-10H2,1-3H3. The van der Waals surface area contributed by atoms with Crippen LogP contribution in [0, 0.1) is 17.3 Å². The lowest BCUT2D eigenvalue weighted by Crippen LogP contribution is -2.36. The second-order valence-electron chi connectivity index (χ2n) is 6.27. The predicted octanol–water partition coefficient (Wildman–Crippen LogP) is 1.96. The van der Waals surface area contributed by atoms with E-state index in [1.807, 2.05) is 0 Å². The maximum absolute atomic E-state index is 3.49. The molecule has 15 heavy (non-hydrogen) atoms. The summed E-state index contributed by atoms with van der Waals surface area (Å²) in [4.78, 5) is 2.69.